The lowest BCUT2D eigenvalue weighted by atomic mass is 9.81. The zero-order valence-electron chi connectivity index (χ0n) is 34.8. The summed E-state index contributed by atoms with van der Waals surface area (Å²) >= 11 is 0. The molecule has 2 saturated carbocycles. The van der Waals surface area contributed by atoms with Crippen LogP contribution in [0.2, 0.25) is 0 Å². The van der Waals surface area contributed by atoms with Crippen molar-refractivity contribution in [3.63, 3.8) is 0 Å². The quantitative estimate of drug-likeness (QED) is 0.163. The number of nitrogens with one attached hydrogen (secondary N) is 2. The number of hydrogen-bond acceptors (Lipinski definition) is 7. The summed E-state index contributed by atoms with van der Waals surface area (Å²) < 4.78 is 17.2. The fourth-order valence-electron chi connectivity index (χ4n) is 7.69. The maximum Gasteiger partial charge on any atom is 0.410 e. The molecule has 2 aliphatic carbocycles. The molecule has 0 bridgehead atoms. The van der Waals surface area contributed by atoms with Gasteiger partial charge in [0.15, 0.2) is 0 Å². The molecular formula is C43H70N4O7. The molecule has 3 fully saturated rings. The summed E-state index contributed by atoms with van der Waals surface area (Å²) in [7, 11) is 1.50. The lowest BCUT2D eigenvalue weighted by molar-refractivity contribution is -0.144. The van der Waals surface area contributed by atoms with E-state index in [0.717, 1.165) is 38.2 Å². The van der Waals surface area contributed by atoms with E-state index in [-0.39, 0.29) is 30.4 Å². The summed E-state index contributed by atoms with van der Waals surface area (Å²) in [6.07, 6.45) is 12.6. The Kier molecular flexibility index (Phi) is 18.1. The number of carbonyl (C=O) groups excluding carboxylic acids is 4. The van der Waals surface area contributed by atoms with Crippen molar-refractivity contribution in [1.82, 2.24) is 20.4 Å². The number of hydrogen-bond donors (Lipinski definition) is 2. The minimum Gasteiger partial charge on any atom is -0.444 e. The Balaban J connectivity index is 1.56. The predicted molar refractivity (Wildman–Crippen MR) is 211 cm³/mol. The molecule has 0 aromatic rings. The second-order valence-electron chi connectivity index (χ2n) is 17.8. The highest BCUT2D eigenvalue weighted by molar-refractivity contribution is 5.94. The van der Waals surface area contributed by atoms with E-state index in [9.17, 15) is 19.2 Å². The number of likely N-dealkylation sites (tertiary alicyclic amines) is 1. The summed E-state index contributed by atoms with van der Waals surface area (Å²) in [4.78, 5) is 57.0. The second-order valence-corrected chi connectivity index (χ2v) is 17.8. The van der Waals surface area contributed by atoms with Crippen LogP contribution in [0.15, 0.2) is 0 Å². The van der Waals surface area contributed by atoms with E-state index in [0.29, 0.717) is 38.5 Å². The fraction of sp³-hybridized carbons (Fsp3) is 0.814. The van der Waals surface area contributed by atoms with E-state index in [1.807, 2.05) is 20.8 Å². The van der Waals surface area contributed by atoms with Gasteiger partial charge in [0.1, 0.15) is 36.9 Å². The van der Waals surface area contributed by atoms with Crippen molar-refractivity contribution >= 4 is 23.8 Å². The maximum atomic E-state index is 14.2. The average molecular weight is 755 g/mol. The molecule has 0 unspecified atom stereocenters. The molecule has 3 rings (SSSR count). The van der Waals surface area contributed by atoms with E-state index >= 15 is 0 Å². The third-order valence-corrected chi connectivity index (χ3v) is 11.1. The van der Waals surface area contributed by atoms with Crippen LogP contribution in [0, 0.1) is 46.9 Å². The smallest absolute Gasteiger partial charge is 0.410 e. The van der Waals surface area contributed by atoms with E-state index in [4.69, 9.17) is 14.2 Å². The molecule has 304 valence electrons. The molecule has 54 heavy (non-hydrogen) atoms. The number of nitrogens with zero attached hydrogens (tertiary/aromatic N) is 2. The van der Waals surface area contributed by atoms with Crippen molar-refractivity contribution in [1.29, 1.82) is 0 Å². The number of rotatable bonds is 14. The fourth-order valence-corrected chi connectivity index (χ4v) is 7.69. The van der Waals surface area contributed by atoms with Crippen molar-refractivity contribution in [3.05, 3.63) is 0 Å². The molecule has 0 aromatic heterocycles. The normalized spacial score (nSPS) is 20.6. The van der Waals surface area contributed by atoms with Gasteiger partial charge in [-0.3, -0.25) is 19.3 Å². The van der Waals surface area contributed by atoms with Gasteiger partial charge in [-0.1, -0.05) is 90.9 Å². The number of carbonyl (C=O) groups is 4. The van der Waals surface area contributed by atoms with Crippen LogP contribution in [0.1, 0.15) is 132 Å². The predicted octanol–water partition coefficient (Wildman–Crippen LogP) is 6.09. The summed E-state index contributed by atoms with van der Waals surface area (Å²) in [6, 6.07) is -2.66. The Labute approximate surface area is 326 Å². The first-order valence-corrected chi connectivity index (χ1v) is 20.5. The number of amides is 4. The molecule has 0 radical (unpaired) electrons. The van der Waals surface area contributed by atoms with Gasteiger partial charge in [-0.05, 0) is 88.4 Å². The third-order valence-electron chi connectivity index (χ3n) is 11.1. The van der Waals surface area contributed by atoms with Crippen LogP contribution in [-0.4, -0.2) is 103 Å². The Hall–Kier alpha value is -3.28. The first-order valence-electron chi connectivity index (χ1n) is 20.5. The Morgan fingerprint density at radius 2 is 1.31 bits per heavy atom. The highest BCUT2D eigenvalue weighted by atomic mass is 16.6. The molecule has 3 aliphatic rings. The maximum absolute atomic E-state index is 14.2. The van der Waals surface area contributed by atoms with Crippen LogP contribution in [0.25, 0.3) is 0 Å². The van der Waals surface area contributed by atoms with Gasteiger partial charge in [0, 0.05) is 13.6 Å². The van der Waals surface area contributed by atoms with Gasteiger partial charge in [0.25, 0.3) is 0 Å². The highest BCUT2D eigenvalue weighted by Crippen LogP contribution is 2.31. The topological polar surface area (TPSA) is 127 Å². The molecule has 1 saturated heterocycles. The van der Waals surface area contributed by atoms with Gasteiger partial charge < -0.3 is 29.7 Å². The monoisotopic (exact) mass is 755 g/mol. The molecule has 0 spiro atoms. The first-order chi connectivity index (χ1) is 25.5. The summed E-state index contributed by atoms with van der Waals surface area (Å²) in [6.45, 7) is 16.8. The molecule has 11 heteroatoms. The van der Waals surface area contributed by atoms with Gasteiger partial charge >= 0.3 is 6.09 Å². The Morgan fingerprint density at radius 3 is 1.87 bits per heavy atom. The van der Waals surface area contributed by atoms with Crippen molar-refractivity contribution in [2.75, 3.05) is 40.0 Å². The number of likely N-dealkylation sites (N-methyl/N-ethyl adjacent to an activating group) is 1. The van der Waals surface area contributed by atoms with Crippen LogP contribution in [-0.2, 0) is 28.6 Å². The summed E-state index contributed by atoms with van der Waals surface area (Å²) in [5.41, 5.74) is -1.38. The molecule has 0 aromatic carbocycles. The Morgan fingerprint density at radius 1 is 0.759 bits per heavy atom. The molecule has 11 nitrogen and oxygen atoms in total. The van der Waals surface area contributed by atoms with Crippen LogP contribution in [0.4, 0.5) is 4.79 Å². The van der Waals surface area contributed by atoms with Crippen LogP contribution in [0.5, 0.6) is 0 Å². The SMILES string of the molecule is C[C@H](COCC#CC#CCOC[C@@H](NC(=O)[C@@H]1CCCN1C(=O)[C@@H](NC(=O)[C@H](C)N(C)C(=O)OC(C)(C)C)C(C)(C)C)C1CCCCC1)C1CCCCC1. The van der Waals surface area contributed by atoms with Gasteiger partial charge in [-0.2, -0.15) is 0 Å². The average Bonchev–Trinajstić information content (AvgIpc) is 3.63. The van der Waals surface area contributed by atoms with E-state index < -0.39 is 41.1 Å². The molecule has 2 N–H and O–H groups in total. The zero-order valence-corrected chi connectivity index (χ0v) is 34.8. The molecule has 5 atom stereocenters. The van der Waals surface area contributed by atoms with Crippen LogP contribution in [0.3, 0.4) is 0 Å². The zero-order chi connectivity index (χ0) is 39.9. The lowest BCUT2D eigenvalue weighted by Gasteiger charge is -2.37. The Bertz CT molecular complexity index is 1350. The van der Waals surface area contributed by atoms with Crippen LogP contribution >= 0.6 is 0 Å². The molecule has 4 amide bonds. The first kappa shape index (κ1) is 45.1. The standard InChI is InChI=1S/C43H70N4O7/c1-31(33-21-14-12-15-22-33)29-52-27-18-10-11-19-28-53-30-35(34-23-16-13-17-24-34)44-39(49)36-25-20-26-47(36)40(50)37(42(3,4)5)45-38(48)32(2)46(9)41(51)54-43(6,7)8/h31-37H,12-17,20-30H2,1-9H3,(H,44,49)(H,45,48)/t31-,32+,35-,36+,37-/m1/s1. The van der Waals surface area contributed by atoms with Crippen LogP contribution < -0.4 is 10.6 Å². The van der Waals surface area contributed by atoms with Gasteiger partial charge in [0.2, 0.25) is 17.7 Å². The second kappa shape index (κ2) is 21.7. The van der Waals surface area contributed by atoms with Gasteiger partial charge in [-0.25, -0.2) is 4.79 Å². The molecule has 1 heterocycles. The number of ether oxygens (including phenoxy) is 3. The highest BCUT2D eigenvalue weighted by Gasteiger charge is 2.43. The molecular weight excluding hydrogens is 684 g/mol. The van der Waals surface area contributed by atoms with E-state index in [2.05, 4.69) is 41.2 Å². The van der Waals surface area contributed by atoms with Crippen molar-refractivity contribution < 1.29 is 33.4 Å². The van der Waals surface area contributed by atoms with E-state index in [1.54, 1.807) is 32.6 Å². The van der Waals surface area contributed by atoms with Gasteiger partial charge in [-0.15, -0.1) is 0 Å². The van der Waals surface area contributed by atoms with Crippen molar-refractivity contribution in [2.24, 2.45) is 23.2 Å². The minimum atomic E-state index is -0.913. The molecule has 1 aliphatic heterocycles. The minimum absolute atomic E-state index is 0.202. The van der Waals surface area contributed by atoms with Crippen molar-refractivity contribution in [2.45, 2.75) is 162 Å². The largest absolute Gasteiger partial charge is 0.444 e. The third kappa shape index (κ3) is 14.8. The van der Waals surface area contributed by atoms with Gasteiger partial charge in [0.05, 0.1) is 19.3 Å². The van der Waals surface area contributed by atoms with Crippen molar-refractivity contribution in [3.8, 4) is 23.7 Å². The van der Waals surface area contributed by atoms with E-state index in [1.165, 1.54) is 50.5 Å². The summed E-state index contributed by atoms with van der Waals surface area (Å²) in [5, 5.41) is 6.16. The lowest BCUT2D eigenvalue weighted by Crippen LogP contribution is -2.60. The summed E-state index contributed by atoms with van der Waals surface area (Å²) in [5.74, 6) is 12.3.